The molecule has 0 fully saturated rings. The molecule has 0 bridgehead atoms. The number of aryl methyl sites for hydroxylation is 1. The fourth-order valence-corrected chi connectivity index (χ4v) is 3.76. The Balaban J connectivity index is 1.52. The van der Waals surface area contributed by atoms with Gasteiger partial charge in [0.15, 0.2) is 5.17 Å². The van der Waals surface area contributed by atoms with Crippen LogP contribution < -0.4 is 10.6 Å². The summed E-state index contributed by atoms with van der Waals surface area (Å²) in [7, 11) is 0. The summed E-state index contributed by atoms with van der Waals surface area (Å²) >= 11 is 1.50. The van der Waals surface area contributed by atoms with Crippen LogP contribution in [0.2, 0.25) is 0 Å². The Morgan fingerprint density at radius 1 is 1.43 bits per heavy atom. The summed E-state index contributed by atoms with van der Waals surface area (Å²) in [6, 6.07) is 8.60. The molecule has 0 spiro atoms. The quantitative estimate of drug-likeness (QED) is 0.895. The number of hydrogen-bond acceptors (Lipinski definition) is 4. The van der Waals surface area contributed by atoms with Crippen molar-refractivity contribution in [2.75, 3.05) is 18.8 Å². The van der Waals surface area contributed by atoms with E-state index < -0.39 is 0 Å². The number of amidine groups is 1. The van der Waals surface area contributed by atoms with Crippen LogP contribution in [0.5, 0.6) is 0 Å². The number of thioether (sulfide) groups is 1. The lowest BCUT2D eigenvalue weighted by molar-refractivity contribution is -0.119. The Kier molecular flexibility index (Phi) is 4.95. The van der Waals surface area contributed by atoms with Gasteiger partial charge in [-0.25, -0.2) is 0 Å². The van der Waals surface area contributed by atoms with Gasteiger partial charge in [0.1, 0.15) is 0 Å². The Hall–Kier alpha value is -1.49. The van der Waals surface area contributed by atoms with Gasteiger partial charge in [0, 0.05) is 18.5 Å². The minimum Gasteiger partial charge on any atom is -0.364 e. The number of rotatable bonds is 3. The lowest BCUT2D eigenvalue weighted by Gasteiger charge is -2.29. The first-order chi connectivity index (χ1) is 11.0. The van der Waals surface area contributed by atoms with Gasteiger partial charge >= 0.3 is 0 Å². The van der Waals surface area contributed by atoms with Crippen LogP contribution in [0.4, 0.5) is 0 Å². The van der Waals surface area contributed by atoms with Gasteiger partial charge in [-0.1, -0.05) is 49.9 Å². The predicted octanol–water partition coefficient (Wildman–Crippen LogP) is 2.90. The van der Waals surface area contributed by atoms with Gasteiger partial charge < -0.3 is 10.6 Å². The highest BCUT2D eigenvalue weighted by atomic mass is 32.2. The summed E-state index contributed by atoms with van der Waals surface area (Å²) in [6.07, 6.45) is 3.28. The summed E-state index contributed by atoms with van der Waals surface area (Å²) in [4.78, 5) is 16.8. The lowest BCUT2D eigenvalue weighted by atomic mass is 9.88. The number of aliphatic imine (C=N–C) groups is 1. The summed E-state index contributed by atoms with van der Waals surface area (Å²) in [5.74, 6) is 0.510. The number of nitrogens with zero attached hydrogens (tertiary/aromatic N) is 1. The average Bonchev–Trinajstić information content (AvgIpc) is 2.54. The van der Waals surface area contributed by atoms with E-state index >= 15 is 0 Å². The molecule has 1 heterocycles. The van der Waals surface area contributed by atoms with Crippen LogP contribution in [0.25, 0.3) is 0 Å². The van der Waals surface area contributed by atoms with Crippen molar-refractivity contribution in [2.24, 2.45) is 10.4 Å². The zero-order valence-electron chi connectivity index (χ0n) is 13.9. The molecule has 1 aliphatic heterocycles. The van der Waals surface area contributed by atoms with E-state index in [4.69, 9.17) is 0 Å². The first kappa shape index (κ1) is 16.4. The van der Waals surface area contributed by atoms with E-state index in [0.717, 1.165) is 37.5 Å². The van der Waals surface area contributed by atoms with Crippen LogP contribution in [0.15, 0.2) is 29.3 Å². The normalized spacial score (nSPS) is 22.5. The molecule has 23 heavy (non-hydrogen) atoms. The van der Waals surface area contributed by atoms with Crippen LogP contribution in [-0.2, 0) is 11.2 Å². The fourth-order valence-electron chi connectivity index (χ4n) is 3.08. The summed E-state index contributed by atoms with van der Waals surface area (Å²) in [5.41, 5.74) is 2.86. The van der Waals surface area contributed by atoms with Crippen molar-refractivity contribution in [1.29, 1.82) is 0 Å². The molecule has 0 aromatic heterocycles. The summed E-state index contributed by atoms with van der Waals surface area (Å²) in [6.45, 7) is 6.12. The Bertz CT molecular complexity index is 612. The molecule has 0 unspecified atom stereocenters. The average molecular weight is 331 g/mol. The monoisotopic (exact) mass is 331 g/mol. The van der Waals surface area contributed by atoms with Gasteiger partial charge in [-0.05, 0) is 30.4 Å². The van der Waals surface area contributed by atoms with Crippen LogP contribution in [-0.4, -0.2) is 29.9 Å². The van der Waals surface area contributed by atoms with E-state index in [9.17, 15) is 4.79 Å². The van der Waals surface area contributed by atoms with Gasteiger partial charge in [-0.15, -0.1) is 0 Å². The maximum atomic E-state index is 12.3. The third kappa shape index (κ3) is 4.28. The molecule has 1 aliphatic carbocycles. The van der Waals surface area contributed by atoms with Crippen LogP contribution >= 0.6 is 11.8 Å². The molecule has 2 N–H and O–H groups in total. The highest BCUT2D eigenvalue weighted by molar-refractivity contribution is 8.14. The van der Waals surface area contributed by atoms with E-state index in [1.54, 1.807) is 0 Å². The van der Waals surface area contributed by atoms with Crippen LogP contribution in [0.1, 0.15) is 43.9 Å². The molecule has 124 valence electrons. The Morgan fingerprint density at radius 2 is 2.26 bits per heavy atom. The smallest absolute Gasteiger partial charge is 0.230 e. The number of hydrogen-bond donors (Lipinski definition) is 2. The highest BCUT2D eigenvalue weighted by Crippen LogP contribution is 2.29. The fraction of sp³-hybridized carbons (Fsp3) is 0.556. The second-order valence-electron chi connectivity index (χ2n) is 7.14. The summed E-state index contributed by atoms with van der Waals surface area (Å²) < 4.78 is 0. The number of nitrogens with one attached hydrogen (secondary N) is 2. The molecule has 5 heteroatoms. The zero-order chi connectivity index (χ0) is 16.3. The topological polar surface area (TPSA) is 53.5 Å². The van der Waals surface area contributed by atoms with Crippen molar-refractivity contribution in [3.63, 3.8) is 0 Å². The third-order valence-electron chi connectivity index (χ3n) is 4.41. The second-order valence-corrected chi connectivity index (χ2v) is 8.10. The number of carbonyl (C=O) groups excluding carboxylic acids is 1. The van der Waals surface area contributed by atoms with E-state index in [-0.39, 0.29) is 17.4 Å². The molecular formula is C18H25N3OS. The Labute approximate surface area is 142 Å². The third-order valence-corrected chi connectivity index (χ3v) is 5.37. The van der Waals surface area contributed by atoms with Crippen LogP contribution in [0.3, 0.4) is 0 Å². The van der Waals surface area contributed by atoms with Crippen LogP contribution in [0, 0.1) is 5.41 Å². The SMILES string of the molecule is CC1(C)CN=C(SCC(=O)N[C@H]2CCCc3ccccc32)NC1. The van der Waals surface area contributed by atoms with E-state index in [2.05, 4.69) is 53.7 Å². The lowest BCUT2D eigenvalue weighted by Crippen LogP contribution is -2.40. The van der Waals surface area contributed by atoms with E-state index in [0.29, 0.717) is 5.75 Å². The number of amides is 1. The van der Waals surface area contributed by atoms with Crippen molar-refractivity contribution in [3.05, 3.63) is 35.4 Å². The summed E-state index contributed by atoms with van der Waals surface area (Å²) in [5, 5.41) is 7.40. The maximum Gasteiger partial charge on any atom is 0.230 e. The zero-order valence-corrected chi connectivity index (χ0v) is 14.7. The molecule has 1 amide bonds. The van der Waals surface area contributed by atoms with Crippen molar-refractivity contribution in [3.8, 4) is 0 Å². The van der Waals surface area contributed by atoms with Gasteiger partial charge in [-0.2, -0.15) is 0 Å². The number of fused-ring (bicyclic) bond motifs is 1. The highest BCUT2D eigenvalue weighted by Gasteiger charge is 2.24. The van der Waals surface area contributed by atoms with E-state index in [1.807, 2.05) is 0 Å². The molecule has 0 radical (unpaired) electrons. The van der Waals surface area contributed by atoms with Crippen molar-refractivity contribution >= 4 is 22.8 Å². The molecule has 0 saturated heterocycles. The van der Waals surface area contributed by atoms with Gasteiger partial charge in [0.25, 0.3) is 0 Å². The van der Waals surface area contributed by atoms with Gasteiger partial charge in [0.2, 0.25) is 5.91 Å². The van der Waals surface area contributed by atoms with Gasteiger partial charge in [-0.3, -0.25) is 9.79 Å². The molecule has 1 atom stereocenters. The largest absolute Gasteiger partial charge is 0.364 e. The molecule has 0 saturated carbocycles. The van der Waals surface area contributed by atoms with E-state index in [1.165, 1.54) is 22.9 Å². The van der Waals surface area contributed by atoms with Crippen molar-refractivity contribution in [2.45, 2.75) is 39.2 Å². The predicted molar refractivity (Wildman–Crippen MR) is 96.8 cm³/mol. The second kappa shape index (κ2) is 6.95. The standard InChI is InChI=1S/C18H25N3OS/c1-18(2)11-19-17(20-12-18)23-10-16(22)21-15-9-5-7-13-6-3-4-8-14(13)15/h3-4,6,8,15H,5,7,9-12H2,1-2H3,(H,19,20)(H,21,22)/t15-/m0/s1. The van der Waals surface area contributed by atoms with Gasteiger partial charge in [0.05, 0.1) is 11.8 Å². The molecule has 3 rings (SSSR count). The molecule has 4 nitrogen and oxygen atoms in total. The molecule has 1 aromatic carbocycles. The molecule has 2 aliphatic rings. The Morgan fingerprint density at radius 3 is 3.04 bits per heavy atom. The van der Waals surface area contributed by atoms with Crippen molar-refractivity contribution in [1.82, 2.24) is 10.6 Å². The molecule has 1 aromatic rings. The van der Waals surface area contributed by atoms with Crippen molar-refractivity contribution < 1.29 is 4.79 Å². The maximum absolute atomic E-state index is 12.3. The number of carbonyl (C=O) groups is 1. The molecular weight excluding hydrogens is 306 g/mol. The minimum atomic E-state index is 0.0889. The first-order valence-electron chi connectivity index (χ1n) is 8.32. The minimum absolute atomic E-state index is 0.0889. The first-order valence-corrected chi connectivity index (χ1v) is 9.30. The number of benzene rings is 1.